The molecule has 2 amide bonds. The van der Waals surface area contributed by atoms with Gasteiger partial charge >= 0.3 is 0 Å². The van der Waals surface area contributed by atoms with Crippen LogP contribution in [0.15, 0.2) is 59.1 Å². The third-order valence-corrected chi connectivity index (χ3v) is 4.60. The Labute approximate surface area is 162 Å². The zero-order valence-corrected chi connectivity index (χ0v) is 16.4. The van der Waals surface area contributed by atoms with Crippen LogP contribution in [0.25, 0.3) is 6.08 Å². The van der Waals surface area contributed by atoms with E-state index >= 15 is 0 Å². The van der Waals surface area contributed by atoms with E-state index in [-0.39, 0.29) is 5.91 Å². The summed E-state index contributed by atoms with van der Waals surface area (Å²) in [6.45, 7) is 5.98. The van der Waals surface area contributed by atoms with E-state index in [2.05, 4.69) is 45.5 Å². The summed E-state index contributed by atoms with van der Waals surface area (Å²) in [4.78, 5) is 26.2. The predicted octanol–water partition coefficient (Wildman–Crippen LogP) is 3.77. The molecule has 26 heavy (non-hydrogen) atoms. The van der Waals surface area contributed by atoms with Crippen molar-refractivity contribution in [2.24, 2.45) is 0 Å². The van der Waals surface area contributed by atoms with Gasteiger partial charge in [-0.3, -0.25) is 20.4 Å². The van der Waals surface area contributed by atoms with Crippen LogP contribution in [0, 0.1) is 0 Å². The number of nitrogens with one attached hydrogen (secondary N) is 2. The molecule has 0 aliphatic carbocycles. The topological polar surface area (TPSA) is 61.4 Å². The Balaban J connectivity index is 1.90. The Morgan fingerprint density at radius 3 is 2.27 bits per heavy atom. The Hall–Kier alpha value is -2.60. The van der Waals surface area contributed by atoms with Crippen LogP contribution >= 0.6 is 15.9 Å². The van der Waals surface area contributed by atoms with Gasteiger partial charge in [0.25, 0.3) is 11.8 Å². The maximum atomic E-state index is 12.1. The van der Waals surface area contributed by atoms with E-state index in [9.17, 15) is 9.59 Å². The number of nitrogens with zero attached hydrogens (tertiary/aromatic N) is 1. The average Bonchev–Trinajstić information content (AvgIpc) is 2.67. The summed E-state index contributed by atoms with van der Waals surface area (Å²) in [5.41, 5.74) is 7.21. The maximum absolute atomic E-state index is 12.1. The lowest BCUT2D eigenvalue weighted by Crippen LogP contribution is -2.40. The quantitative estimate of drug-likeness (QED) is 0.557. The number of rotatable bonds is 6. The van der Waals surface area contributed by atoms with Gasteiger partial charge in [-0.05, 0) is 55.8 Å². The van der Waals surface area contributed by atoms with Crippen LogP contribution in [-0.4, -0.2) is 24.9 Å². The van der Waals surface area contributed by atoms with Crippen molar-refractivity contribution in [3.05, 3.63) is 70.2 Å². The number of hydrogen-bond donors (Lipinski definition) is 2. The van der Waals surface area contributed by atoms with E-state index in [1.165, 1.54) is 6.08 Å². The zero-order chi connectivity index (χ0) is 18.9. The van der Waals surface area contributed by atoms with Gasteiger partial charge < -0.3 is 4.90 Å². The van der Waals surface area contributed by atoms with Crippen LogP contribution in [0.5, 0.6) is 0 Å². The van der Waals surface area contributed by atoms with Gasteiger partial charge in [0.05, 0.1) is 0 Å². The molecule has 2 aromatic rings. The number of amides is 2. The highest BCUT2D eigenvalue weighted by atomic mass is 79.9. The van der Waals surface area contributed by atoms with Crippen molar-refractivity contribution in [3.63, 3.8) is 0 Å². The molecule has 136 valence electrons. The summed E-state index contributed by atoms with van der Waals surface area (Å²) in [7, 11) is 0. The van der Waals surface area contributed by atoms with Gasteiger partial charge in [-0.1, -0.05) is 34.1 Å². The highest BCUT2D eigenvalue weighted by Crippen LogP contribution is 2.17. The smallest absolute Gasteiger partial charge is 0.269 e. The number of benzene rings is 2. The first-order chi connectivity index (χ1) is 12.5. The Kier molecular flexibility index (Phi) is 7.41. The van der Waals surface area contributed by atoms with E-state index in [4.69, 9.17) is 0 Å². The molecule has 0 saturated carbocycles. The molecule has 5 nitrogen and oxygen atoms in total. The van der Waals surface area contributed by atoms with Crippen molar-refractivity contribution in [2.45, 2.75) is 13.8 Å². The Morgan fingerprint density at radius 1 is 1.00 bits per heavy atom. The fourth-order valence-corrected chi connectivity index (χ4v) is 2.84. The third kappa shape index (κ3) is 5.46. The maximum Gasteiger partial charge on any atom is 0.269 e. The van der Waals surface area contributed by atoms with Crippen LogP contribution in [0.4, 0.5) is 5.69 Å². The first-order valence-corrected chi connectivity index (χ1v) is 9.22. The molecule has 2 aromatic carbocycles. The molecule has 0 radical (unpaired) electrons. The minimum atomic E-state index is -0.408. The summed E-state index contributed by atoms with van der Waals surface area (Å²) < 4.78 is 0.890. The molecule has 0 aliphatic heterocycles. The first-order valence-electron chi connectivity index (χ1n) is 8.43. The second-order valence-corrected chi connectivity index (χ2v) is 6.37. The highest BCUT2D eigenvalue weighted by molar-refractivity contribution is 9.10. The SMILES string of the molecule is CCN(CC)c1ccc(C(=O)NNC(=O)/C=C/c2ccccc2Br)cc1. The van der Waals surface area contributed by atoms with Gasteiger partial charge in [-0.25, -0.2) is 0 Å². The molecule has 0 atom stereocenters. The predicted molar refractivity (Wildman–Crippen MR) is 109 cm³/mol. The van der Waals surface area contributed by atoms with E-state index in [1.807, 2.05) is 36.4 Å². The van der Waals surface area contributed by atoms with Crippen LogP contribution < -0.4 is 15.8 Å². The molecule has 2 N–H and O–H groups in total. The van der Waals surface area contributed by atoms with Crippen molar-refractivity contribution in [3.8, 4) is 0 Å². The Morgan fingerprint density at radius 2 is 1.65 bits per heavy atom. The van der Waals surface area contributed by atoms with E-state index < -0.39 is 5.91 Å². The molecule has 2 rings (SSSR count). The molecular formula is C20H22BrN3O2. The van der Waals surface area contributed by atoms with Gasteiger partial charge in [0.2, 0.25) is 0 Å². The zero-order valence-electron chi connectivity index (χ0n) is 14.8. The summed E-state index contributed by atoms with van der Waals surface area (Å²) in [6, 6.07) is 14.8. The number of carbonyl (C=O) groups is 2. The standard InChI is InChI=1S/C20H22BrN3O2/c1-3-24(4-2)17-12-9-16(10-13-17)20(26)23-22-19(25)14-11-15-7-5-6-8-18(15)21/h5-14H,3-4H2,1-2H3,(H,22,25)(H,23,26)/b14-11+. The molecule has 0 fully saturated rings. The van der Waals surface area contributed by atoms with E-state index in [1.54, 1.807) is 18.2 Å². The number of anilines is 1. The molecular weight excluding hydrogens is 394 g/mol. The van der Waals surface area contributed by atoms with Crippen molar-refractivity contribution in [2.75, 3.05) is 18.0 Å². The van der Waals surface area contributed by atoms with Crippen LogP contribution in [0.1, 0.15) is 29.8 Å². The molecule has 0 aromatic heterocycles. The Bertz CT molecular complexity index is 784. The molecule has 0 aliphatic rings. The molecule has 0 spiro atoms. The van der Waals surface area contributed by atoms with Crippen LogP contribution in [0.2, 0.25) is 0 Å². The van der Waals surface area contributed by atoms with Crippen LogP contribution in [0.3, 0.4) is 0 Å². The first kappa shape index (κ1) is 19.7. The summed E-state index contributed by atoms with van der Waals surface area (Å²) in [5.74, 6) is -0.771. The lowest BCUT2D eigenvalue weighted by atomic mass is 10.2. The normalized spacial score (nSPS) is 10.6. The largest absolute Gasteiger partial charge is 0.372 e. The van der Waals surface area contributed by atoms with Gasteiger partial charge in [0.1, 0.15) is 0 Å². The second kappa shape index (κ2) is 9.77. The average molecular weight is 416 g/mol. The molecule has 0 unspecified atom stereocenters. The summed E-state index contributed by atoms with van der Waals surface area (Å²) in [5, 5.41) is 0. The van der Waals surface area contributed by atoms with Crippen LogP contribution in [-0.2, 0) is 4.79 Å². The molecule has 6 heteroatoms. The number of hydrogen-bond acceptors (Lipinski definition) is 3. The lowest BCUT2D eigenvalue weighted by molar-refractivity contribution is -0.117. The lowest BCUT2D eigenvalue weighted by Gasteiger charge is -2.21. The highest BCUT2D eigenvalue weighted by Gasteiger charge is 2.08. The van der Waals surface area contributed by atoms with Crippen molar-refractivity contribution in [1.82, 2.24) is 10.9 Å². The summed E-state index contributed by atoms with van der Waals surface area (Å²) in [6.07, 6.45) is 3.04. The van der Waals surface area contributed by atoms with Gasteiger partial charge in [0.15, 0.2) is 0 Å². The monoisotopic (exact) mass is 415 g/mol. The van der Waals surface area contributed by atoms with Crippen molar-refractivity contribution in [1.29, 1.82) is 0 Å². The molecule has 0 saturated heterocycles. The van der Waals surface area contributed by atoms with Crippen molar-refractivity contribution >= 4 is 39.5 Å². The molecule has 0 bridgehead atoms. The minimum Gasteiger partial charge on any atom is -0.372 e. The van der Waals surface area contributed by atoms with Gasteiger partial charge in [0, 0.05) is 34.9 Å². The van der Waals surface area contributed by atoms with Crippen molar-refractivity contribution < 1.29 is 9.59 Å². The minimum absolute atomic E-state index is 0.362. The van der Waals surface area contributed by atoms with E-state index in [0.29, 0.717) is 5.56 Å². The third-order valence-electron chi connectivity index (χ3n) is 3.88. The molecule has 0 heterocycles. The second-order valence-electron chi connectivity index (χ2n) is 5.52. The fraction of sp³-hybridized carbons (Fsp3) is 0.200. The van der Waals surface area contributed by atoms with E-state index in [0.717, 1.165) is 28.8 Å². The number of carbonyl (C=O) groups excluding carboxylic acids is 2. The van der Waals surface area contributed by atoms with Gasteiger partial charge in [-0.15, -0.1) is 0 Å². The fourth-order valence-electron chi connectivity index (χ4n) is 2.42. The van der Waals surface area contributed by atoms with Gasteiger partial charge in [-0.2, -0.15) is 0 Å². The summed E-state index contributed by atoms with van der Waals surface area (Å²) >= 11 is 3.41. The number of hydrazine groups is 1. The number of halogens is 1.